The number of carbonyl (C=O) groups is 1. The minimum atomic E-state index is -0.941. The molecular formula is C12H16O3S. The van der Waals surface area contributed by atoms with Gasteiger partial charge < -0.3 is 9.84 Å². The van der Waals surface area contributed by atoms with Crippen molar-refractivity contribution in [3.63, 3.8) is 0 Å². The number of thioether (sulfide) groups is 1. The maximum Gasteiger partial charge on any atom is 0.340 e. The van der Waals surface area contributed by atoms with Crippen LogP contribution in [0.2, 0.25) is 0 Å². The Hall–Kier alpha value is -1.16. The third kappa shape index (κ3) is 2.92. The van der Waals surface area contributed by atoms with Crippen LogP contribution in [0.3, 0.4) is 0 Å². The molecule has 0 spiro atoms. The second-order valence-electron chi connectivity index (χ2n) is 3.48. The van der Waals surface area contributed by atoms with Crippen molar-refractivity contribution in [2.45, 2.75) is 31.3 Å². The van der Waals surface area contributed by atoms with Crippen LogP contribution < -0.4 is 4.74 Å². The first kappa shape index (κ1) is 12.9. The standard InChI is InChI=1S/C12H16O3S/c1-4-8(2)15-9-6-5-7-10(16-3)11(9)12(13)14/h5-8H,4H2,1-3H3,(H,13,14). The summed E-state index contributed by atoms with van der Waals surface area (Å²) < 4.78 is 5.60. The summed E-state index contributed by atoms with van der Waals surface area (Å²) in [7, 11) is 0. The molecule has 0 amide bonds. The molecule has 1 rings (SSSR count). The van der Waals surface area contributed by atoms with E-state index in [0.717, 1.165) is 11.3 Å². The summed E-state index contributed by atoms with van der Waals surface area (Å²) in [6.07, 6.45) is 2.73. The third-order valence-electron chi connectivity index (χ3n) is 2.32. The lowest BCUT2D eigenvalue weighted by molar-refractivity contribution is 0.0685. The zero-order valence-corrected chi connectivity index (χ0v) is 10.5. The van der Waals surface area contributed by atoms with E-state index in [1.165, 1.54) is 11.8 Å². The van der Waals surface area contributed by atoms with Crippen molar-refractivity contribution >= 4 is 17.7 Å². The van der Waals surface area contributed by atoms with Crippen LogP contribution in [-0.2, 0) is 0 Å². The van der Waals surface area contributed by atoms with Crippen LogP contribution in [0, 0.1) is 0 Å². The molecule has 1 atom stereocenters. The minimum absolute atomic E-state index is 0.0233. The number of carboxylic acid groups (broad SMARTS) is 1. The summed E-state index contributed by atoms with van der Waals surface area (Å²) in [5, 5.41) is 9.17. The van der Waals surface area contributed by atoms with Gasteiger partial charge in [0.05, 0.1) is 6.10 Å². The highest BCUT2D eigenvalue weighted by Gasteiger charge is 2.17. The zero-order chi connectivity index (χ0) is 12.1. The van der Waals surface area contributed by atoms with Crippen LogP contribution in [0.1, 0.15) is 30.6 Å². The smallest absolute Gasteiger partial charge is 0.340 e. The number of aromatic carboxylic acids is 1. The summed E-state index contributed by atoms with van der Waals surface area (Å²) in [5.74, 6) is -0.489. The molecule has 0 aliphatic heterocycles. The van der Waals surface area contributed by atoms with Gasteiger partial charge in [0.2, 0.25) is 0 Å². The van der Waals surface area contributed by atoms with Gasteiger partial charge in [0, 0.05) is 4.90 Å². The van der Waals surface area contributed by atoms with Gasteiger partial charge >= 0.3 is 5.97 Å². The van der Waals surface area contributed by atoms with Gasteiger partial charge in [-0.3, -0.25) is 0 Å². The van der Waals surface area contributed by atoms with Crippen molar-refractivity contribution in [1.82, 2.24) is 0 Å². The fraction of sp³-hybridized carbons (Fsp3) is 0.417. The Kier molecular flexibility index (Phi) is 4.68. The number of benzene rings is 1. The van der Waals surface area contributed by atoms with Gasteiger partial charge in [-0.1, -0.05) is 13.0 Å². The van der Waals surface area contributed by atoms with Gasteiger partial charge in [-0.15, -0.1) is 11.8 Å². The molecule has 0 aliphatic rings. The van der Waals surface area contributed by atoms with Crippen LogP contribution in [-0.4, -0.2) is 23.4 Å². The topological polar surface area (TPSA) is 46.5 Å². The highest BCUT2D eigenvalue weighted by molar-refractivity contribution is 7.98. The van der Waals surface area contributed by atoms with Gasteiger partial charge in [0.1, 0.15) is 11.3 Å². The van der Waals surface area contributed by atoms with E-state index in [-0.39, 0.29) is 11.7 Å². The van der Waals surface area contributed by atoms with E-state index in [9.17, 15) is 4.79 Å². The molecule has 88 valence electrons. The number of rotatable bonds is 5. The minimum Gasteiger partial charge on any atom is -0.490 e. The Morgan fingerprint density at radius 3 is 2.75 bits per heavy atom. The lowest BCUT2D eigenvalue weighted by Crippen LogP contribution is -2.13. The third-order valence-corrected chi connectivity index (χ3v) is 3.10. The molecule has 1 aromatic rings. The zero-order valence-electron chi connectivity index (χ0n) is 9.69. The van der Waals surface area contributed by atoms with Gasteiger partial charge in [-0.25, -0.2) is 4.79 Å². The van der Waals surface area contributed by atoms with Crippen LogP contribution in [0.15, 0.2) is 23.1 Å². The predicted octanol–water partition coefficient (Wildman–Crippen LogP) is 3.28. The molecule has 4 heteroatoms. The van der Waals surface area contributed by atoms with Crippen molar-refractivity contribution in [1.29, 1.82) is 0 Å². The number of hydrogen-bond donors (Lipinski definition) is 1. The highest BCUT2D eigenvalue weighted by Crippen LogP contribution is 2.29. The quantitative estimate of drug-likeness (QED) is 0.802. The second kappa shape index (κ2) is 5.80. The molecule has 1 N–H and O–H groups in total. The maximum atomic E-state index is 11.2. The molecule has 1 unspecified atom stereocenters. The molecule has 0 bridgehead atoms. The molecule has 0 heterocycles. The van der Waals surface area contributed by atoms with Crippen molar-refractivity contribution < 1.29 is 14.6 Å². The molecule has 0 radical (unpaired) electrons. The summed E-state index contributed by atoms with van der Waals surface area (Å²) >= 11 is 1.41. The summed E-state index contributed by atoms with van der Waals surface area (Å²) in [4.78, 5) is 11.9. The molecule has 0 saturated carbocycles. The maximum absolute atomic E-state index is 11.2. The molecule has 0 saturated heterocycles. The molecule has 16 heavy (non-hydrogen) atoms. The van der Waals surface area contributed by atoms with E-state index >= 15 is 0 Å². The lowest BCUT2D eigenvalue weighted by atomic mass is 10.2. The summed E-state index contributed by atoms with van der Waals surface area (Å²) in [6, 6.07) is 5.31. The predicted molar refractivity (Wildman–Crippen MR) is 65.6 cm³/mol. The Morgan fingerprint density at radius 2 is 2.25 bits per heavy atom. The van der Waals surface area contributed by atoms with E-state index in [4.69, 9.17) is 9.84 Å². The van der Waals surface area contributed by atoms with Crippen molar-refractivity contribution in [3.8, 4) is 5.75 Å². The number of ether oxygens (including phenoxy) is 1. The van der Waals surface area contributed by atoms with E-state index in [0.29, 0.717) is 5.75 Å². The fourth-order valence-electron chi connectivity index (χ4n) is 1.29. The van der Waals surface area contributed by atoms with Crippen LogP contribution in [0.4, 0.5) is 0 Å². The molecular weight excluding hydrogens is 224 g/mol. The molecule has 3 nitrogen and oxygen atoms in total. The van der Waals surface area contributed by atoms with Gasteiger partial charge in [0.15, 0.2) is 0 Å². The Morgan fingerprint density at radius 1 is 1.56 bits per heavy atom. The van der Waals surface area contributed by atoms with Crippen LogP contribution in [0.25, 0.3) is 0 Å². The Balaban J connectivity index is 3.12. The molecule has 0 aliphatic carbocycles. The van der Waals surface area contributed by atoms with Crippen molar-refractivity contribution in [2.24, 2.45) is 0 Å². The Labute approximate surface area is 99.8 Å². The van der Waals surface area contributed by atoms with E-state index < -0.39 is 5.97 Å². The summed E-state index contributed by atoms with van der Waals surface area (Å²) in [5.41, 5.74) is 0.260. The average Bonchev–Trinajstić information content (AvgIpc) is 2.28. The number of hydrogen-bond acceptors (Lipinski definition) is 3. The first-order chi connectivity index (χ1) is 7.60. The number of carboxylic acids is 1. The molecule has 0 fully saturated rings. The monoisotopic (exact) mass is 240 g/mol. The fourth-order valence-corrected chi connectivity index (χ4v) is 1.90. The lowest BCUT2D eigenvalue weighted by Gasteiger charge is -2.15. The first-order valence-corrected chi connectivity index (χ1v) is 6.39. The highest BCUT2D eigenvalue weighted by atomic mass is 32.2. The van der Waals surface area contributed by atoms with Crippen molar-refractivity contribution in [2.75, 3.05) is 6.26 Å². The van der Waals surface area contributed by atoms with Gasteiger partial charge in [-0.2, -0.15) is 0 Å². The Bertz CT molecular complexity index is 377. The van der Waals surface area contributed by atoms with Gasteiger partial charge in [0.25, 0.3) is 0 Å². The van der Waals surface area contributed by atoms with Crippen molar-refractivity contribution in [3.05, 3.63) is 23.8 Å². The van der Waals surface area contributed by atoms with Crippen LogP contribution in [0.5, 0.6) is 5.75 Å². The normalized spacial score (nSPS) is 12.2. The SMILES string of the molecule is CCC(C)Oc1cccc(SC)c1C(=O)O. The van der Waals surface area contributed by atoms with E-state index in [1.807, 2.05) is 26.2 Å². The van der Waals surface area contributed by atoms with E-state index in [2.05, 4.69) is 0 Å². The average molecular weight is 240 g/mol. The molecule has 0 aromatic heterocycles. The van der Waals surface area contributed by atoms with Crippen LogP contribution >= 0.6 is 11.8 Å². The summed E-state index contributed by atoms with van der Waals surface area (Å²) in [6.45, 7) is 3.93. The first-order valence-electron chi connectivity index (χ1n) is 5.17. The second-order valence-corrected chi connectivity index (χ2v) is 4.32. The van der Waals surface area contributed by atoms with E-state index in [1.54, 1.807) is 12.1 Å². The van der Waals surface area contributed by atoms with Gasteiger partial charge in [-0.05, 0) is 31.7 Å². The largest absolute Gasteiger partial charge is 0.490 e. The molecule has 1 aromatic carbocycles.